The van der Waals surface area contributed by atoms with E-state index in [0.29, 0.717) is 6.54 Å². The van der Waals surface area contributed by atoms with E-state index in [0.717, 1.165) is 10.2 Å². The van der Waals surface area contributed by atoms with Gasteiger partial charge in [-0.25, -0.2) is 4.98 Å². The number of rotatable bonds is 3. The highest BCUT2D eigenvalue weighted by molar-refractivity contribution is 9.10. The van der Waals surface area contributed by atoms with Crippen LogP contribution >= 0.6 is 27.3 Å². The maximum absolute atomic E-state index is 12.5. The Hall–Kier alpha value is -0.940. The van der Waals surface area contributed by atoms with Crippen molar-refractivity contribution in [1.82, 2.24) is 4.98 Å². The highest BCUT2D eigenvalue weighted by Gasteiger charge is 2.00. The summed E-state index contributed by atoms with van der Waals surface area (Å²) in [6.07, 6.45) is 1.48. The van der Waals surface area contributed by atoms with Crippen molar-refractivity contribution in [3.8, 4) is 0 Å². The van der Waals surface area contributed by atoms with Crippen LogP contribution in [0.15, 0.2) is 34.2 Å². The molecule has 2 aromatic heterocycles. The van der Waals surface area contributed by atoms with Gasteiger partial charge in [-0.05, 0) is 39.5 Å². The topological polar surface area (TPSA) is 24.9 Å². The smallest absolute Gasteiger partial charge is 0.212 e. The van der Waals surface area contributed by atoms with E-state index in [1.54, 1.807) is 17.4 Å². The van der Waals surface area contributed by atoms with E-state index in [1.807, 2.05) is 11.4 Å². The number of aromatic nitrogens is 1. The molecule has 0 aliphatic heterocycles. The van der Waals surface area contributed by atoms with Crippen LogP contribution in [-0.4, -0.2) is 4.98 Å². The summed E-state index contributed by atoms with van der Waals surface area (Å²) in [4.78, 5) is 4.77. The first-order valence-electron chi connectivity index (χ1n) is 4.33. The van der Waals surface area contributed by atoms with Crippen LogP contribution < -0.4 is 5.32 Å². The van der Waals surface area contributed by atoms with Gasteiger partial charge in [0.25, 0.3) is 0 Å². The molecule has 0 radical (unpaired) electrons. The number of halogens is 2. The van der Waals surface area contributed by atoms with E-state index in [2.05, 4.69) is 26.2 Å². The Morgan fingerprint density at radius 2 is 2.27 bits per heavy atom. The van der Waals surface area contributed by atoms with Crippen LogP contribution in [0.1, 0.15) is 4.88 Å². The summed E-state index contributed by atoms with van der Waals surface area (Å²) < 4.78 is 13.6. The molecule has 2 heterocycles. The summed E-state index contributed by atoms with van der Waals surface area (Å²) in [6, 6.07) is 5.01. The van der Waals surface area contributed by atoms with Gasteiger partial charge in [-0.3, -0.25) is 0 Å². The summed E-state index contributed by atoms with van der Waals surface area (Å²) in [6.45, 7) is 0.714. The van der Waals surface area contributed by atoms with Crippen molar-refractivity contribution < 1.29 is 4.39 Å². The van der Waals surface area contributed by atoms with Gasteiger partial charge in [0, 0.05) is 9.35 Å². The lowest BCUT2D eigenvalue weighted by Gasteiger charge is -2.04. The van der Waals surface area contributed by atoms with Crippen LogP contribution in [0.4, 0.5) is 10.1 Å². The van der Waals surface area contributed by atoms with Crippen LogP contribution in [0.5, 0.6) is 0 Å². The van der Waals surface area contributed by atoms with E-state index in [1.165, 1.54) is 17.1 Å². The van der Waals surface area contributed by atoms with Crippen molar-refractivity contribution in [1.29, 1.82) is 0 Å². The van der Waals surface area contributed by atoms with Gasteiger partial charge in [-0.2, -0.15) is 4.39 Å². The lowest BCUT2D eigenvalue weighted by Crippen LogP contribution is -1.98. The van der Waals surface area contributed by atoms with Crippen molar-refractivity contribution in [2.45, 2.75) is 6.54 Å². The average Bonchev–Trinajstić information content (AvgIpc) is 2.63. The fraction of sp³-hybridized carbons (Fsp3) is 0.100. The second kappa shape index (κ2) is 4.72. The summed E-state index contributed by atoms with van der Waals surface area (Å²) in [5.41, 5.74) is 0.816. The lowest BCUT2D eigenvalue weighted by atomic mass is 10.4. The predicted octanol–water partition coefficient (Wildman–Crippen LogP) is 3.66. The van der Waals surface area contributed by atoms with E-state index in [-0.39, 0.29) is 0 Å². The number of pyridine rings is 1. The Morgan fingerprint density at radius 3 is 2.87 bits per heavy atom. The molecule has 0 unspecified atom stereocenters. The molecule has 0 aromatic carbocycles. The van der Waals surface area contributed by atoms with E-state index < -0.39 is 5.95 Å². The molecule has 5 heteroatoms. The molecule has 2 aromatic rings. The maximum atomic E-state index is 12.5. The van der Waals surface area contributed by atoms with Gasteiger partial charge in [0.2, 0.25) is 5.95 Å². The second-order valence-electron chi connectivity index (χ2n) is 2.91. The average molecular weight is 287 g/mol. The molecule has 0 amide bonds. The molecular formula is C10H8BrFN2S. The first-order valence-corrected chi connectivity index (χ1v) is 6.00. The van der Waals surface area contributed by atoms with Gasteiger partial charge in [-0.15, -0.1) is 11.3 Å². The first-order chi connectivity index (χ1) is 7.25. The van der Waals surface area contributed by atoms with Gasteiger partial charge >= 0.3 is 0 Å². The molecular weight excluding hydrogens is 279 g/mol. The molecule has 2 nitrogen and oxygen atoms in total. The fourth-order valence-corrected chi connectivity index (χ4v) is 2.55. The Labute approximate surface area is 99.3 Å². The molecule has 0 aliphatic rings. The Morgan fingerprint density at radius 1 is 1.40 bits per heavy atom. The quantitative estimate of drug-likeness (QED) is 0.871. The monoisotopic (exact) mass is 286 g/mol. The lowest BCUT2D eigenvalue weighted by molar-refractivity contribution is 0.584. The Kier molecular flexibility index (Phi) is 3.33. The molecule has 0 saturated carbocycles. The fourth-order valence-electron chi connectivity index (χ4n) is 1.11. The highest BCUT2D eigenvalue weighted by Crippen LogP contribution is 2.23. The number of thiophene rings is 1. The maximum Gasteiger partial charge on any atom is 0.212 e. The molecule has 0 aliphatic carbocycles. The largest absolute Gasteiger partial charge is 0.379 e. The molecule has 0 spiro atoms. The second-order valence-corrected chi connectivity index (χ2v) is 4.77. The minimum Gasteiger partial charge on any atom is -0.379 e. The van der Waals surface area contributed by atoms with Crippen LogP contribution in [0.3, 0.4) is 0 Å². The van der Waals surface area contributed by atoms with E-state index in [9.17, 15) is 4.39 Å². The number of nitrogens with zero attached hydrogens (tertiary/aromatic N) is 1. The number of hydrogen-bond acceptors (Lipinski definition) is 3. The summed E-state index contributed by atoms with van der Waals surface area (Å²) in [7, 11) is 0. The van der Waals surface area contributed by atoms with E-state index in [4.69, 9.17) is 0 Å². The molecule has 0 atom stereocenters. The van der Waals surface area contributed by atoms with Crippen LogP contribution in [-0.2, 0) is 6.54 Å². The van der Waals surface area contributed by atoms with Crippen molar-refractivity contribution in [3.63, 3.8) is 0 Å². The number of anilines is 1. The van der Waals surface area contributed by atoms with Crippen LogP contribution in [0.25, 0.3) is 0 Å². The highest BCUT2D eigenvalue weighted by atomic mass is 79.9. The molecule has 0 bridgehead atoms. The third-order valence-corrected chi connectivity index (χ3v) is 3.80. The van der Waals surface area contributed by atoms with Gasteiger partial charge in [0.05, 0.1) is 18.4 Å². The summed E-state index contributed by atoms with van der Waals surface area (Å²) in [5.74, 6) is -0.460. The van der Waals surface area contributed by atoms with Gasteiger partial charge in [0.1, 0.15) is 0 Å². The van der Waals surface area contributed by atoms with Crippen molar-refractivity contribution in [2.24, 2.45) is 0 Å². The Bertz CT molecular complexity index is 441. The number of hydrogen-bond donors (Lipinski definition) is 1. The Balaban J connectivity index is 1.99. The third-order valence-electron chi connectivity index (χ3n) is 1.87. The summed E-state index contributed by atoms with van der Waals surface area (Å²) >= 11 is 5.11. The van der Waals surface area contributed by atoms with Crippen LogP contribution in [0, 0.1) is 5.95 Å². The third kappa shape index (κ3) is 2.76. The normalized spacial score (nSPS) is 10.3. The number of nitrogens with one attached hydrogen (secondary N) is 1. The predicted molar refractivity (Wildman–Crippen MR) is 63.5 cm³/mol. The molecule has 1 N–H and O–H groups in total. The minimum absolute atomic E-state index is 0.460. The minimum atomic E-state index is -0.460. The standard InChI is InChI=1S/C10H8BrFN2S/c11-8-3-4-15-9(8)6-13-7-1-2-10(12)14-5-7/h1-5,13H,6H2. The zero-order valence-electron chi connectivity index (χ0n) is 7.71. The van der Waals surface area contributed by atoms with Crippen molar-refractivity contribution in [2.75, 3.05) is 5.32 Å². The molecule has 78 valence electrons. The zero-order valence-corrected chi connectivity index (χ0v) is 10.1. The molecule has 15 heavy (non-hydrogen) atoms. The van der Waals surface area contributed by atoms with Crippen molar-refractivity contribution in [3.05, 3.63) is 45.1 Å². The molecule has 0 saturated heterocycles. The molecule has 2 rings (SSSR count). The van der Waals surface area contributed by atoms with Gasteiger partial charge in [0.15, 0.2) is 0 Å². The van der Waals surface area contributed by atoms with Gasteiger partial charge in [-0.1, -0.05) is 0 Å². The SMILES string of the molecule is Fc1ccc(NCc2sccc2Br)cn1. The molecule has 0 fully saturated rings. The van der Waals surface area contributed by atoms with Crippen LogP contribution in [0.2, 0.25) is 0 Å². The first kappa shape index (κ1) is 10.6. The summed E-state index contributed by atoms with van der Waals surface area (Å²) in [5, 5.41) is 5.18. The zero-order chi connectivity index (χ0) is 10.7. The van der Waals surface area contributed by atoms with Gasteiger partial charge < -0.3 is 5.32 Å². The van der Waals surface area contributed by atoms with E-state index >= 15 is 0 Å². The van der Waals surface area contributed by atoms with Crippen molar-refractivity contribution >= 4 is 33.0 Å².